The summed E-state index contributed by atoms with van der Waals surface area (Å²) in [5.41, 5.74) is 0.930. The van der Waals surface area contributed by atoms with Crippen molar-refractivity contribution < 1.29 is 4.79 Å². The third kappa shape index (κ3) is 4.95. The van der Waals surface area contributed by atoms with Crippen LogP contribution in [0.3, 0.4) is 0 Å². The molecule has 1 N–H and O–H groups in total. The fourth-order valence-corrected chi connectivity index (χ4v) is 4.07. The van der Waals surface area contributed by atoms with Crippen LogP contribution >= 0.6 is 11.3 Å². The molecule has 0 unspecified atom stereocenters. The SMILES string of the molecule is Cc1csc(=O)n1CCC(=O)NCCN1C[C@H](C)C[C@@H](C)C1. The van der Waals surface area contributed by atoms with E-state index in [1.54, 1.807) is 4.57 Å². The highest BCUT2D eigenvalue weighted by molar-refractivity contribution is 7.07. The van der Waals surface area contributed by atoms with Gasteiger partial charge in [-0.15, -0.1) is 0 Å². The van der Waals surface area contributed by atoms with Crippen LogP contribution in [0.5, 0.6) is 0 Å². The number of likely N-dealkylation sites (tertiary alicyclic amines) is 1. The summed E-state index contributed by atoms with van der Waals surface area (Å²) in [4.78, 5) is 25.9. The molecule has 1 aromatic heterocycles. The van der Waals surface area contributed by atoms with Crippen LogP contribution in [0.15, 0.2) is 10.2 Å². The maximum Gasteiger partial charge on any atom is 0.307 e. The molecule has 1 aromatic rings. The van der Waals surface area contributed by atoms with E-state index in [0.717, 1.165) is 37.2 Å². The third-order valence-electron chi connectivity index (χ3n) is 4.23. The van der Waals surface area contributed by atoms with Crippen molar-refractivity contribution >= 4 is 17.2 Å². The van der Waals surface area contributed by atoms with Crippen molar-refractivity contribution in [2.45, 2.75) is 40.2 Å². The molecule has 5 nitrogen and oxygen atoms in total. The Morgan fingerprint density at radius 2 is 2.00 bits per heavy atom. The second-order valence-corrected chi connectivity index (χ2v) is 7.42. The number of hydrogen-bond acceptors (Lipinski definition) is 4. The molecule has 0 spiro atoms. The molecule has 0 bridgehead atoms. The van der Waals surface area contributed by atoms with Gasteiger partial charge in [-0.2, -0.15) is 0 Å². The Balaban J connectivity index is 1.67. The molecule has 2 rings (SSSR count). The summed E-state index contributed by atoms with van der Waals surface area (Å²) in [7, 11) is 0. The van der Waals surface area contributed by atoms with E-state index in [1.165, 1.54) is 17.8 Å². The van der Waals surface area contributed by atoms with Crippen molar-refractivity contribution in [1.82, 2.24) is 14.8 Å². The second-order valence-electron chi connectivity index (χ2n) is 6.60. The van der Waals surface area contributed by atoms with Crippen molar-refractivity contribution in [3.05, 3.63) is 20.7 Å². The summed E-state index contributed by atoms with van der Waals surface area (Å²) in [6.07, 6.45) is 1.67. The highest BCUT2D eigenvalue weighted by Crippen LogP contribution is 2.20. The van der Waals surface area contributed by atoms with E-state index in [-0.39, 0.29) is 10.8 Å². The number of amides is 1. The van der Waals surface area contributed by atoms with Crippen LogP contribution in [0, 0.1) is 18.8 Å². The Hall–Kier alpha value is -1.14. The Kier molecular flexibility index (Phi) is 6.20. The van der Waals surface area contributed by atoms with E-state index >= 15 is 0 Å². The first-order valence-electron chi connectivity index (χ1n) is 8.09. The summed E-state index contributed by atoms with van der Waals surface area (Å²) >= 11 is 1.19. The molecule has 0 aromatic carbocycles. The van der Waals surface area contributed by atoms with Crippen molar-refractivity contribution in [3.8, 4) is 0 Å². The van der Waals surface area contributed by atoms with Crippen molar-refractivity contribution in [1.29, 1.82) is 0 Å². The molecule has 22 heavy (non-hydrogen) atoms. The smallest absolute Gasteiger partial charge is 0.307 e. The molecule has 0 aliphatic carbocycles. The van der Waals surface area contributed by atoms with Gasteiger partial charge in [0.15, 0.2) is 0 Å². The normalized spacial score (nSPS) is 22.7. The van der Waals surface area contributed by atoms with Gasteiger partial charge in [-0.3, -0.25) is 9.59 Å². The zero-order chi connectivity index (χ0) is 16.1. The standard InChI is InChI=1S/C16H27N3O2S/c1-12-8-13(2)10-18(9-12)7-5-17-15(20)4-6-19-14(3)11-22-16(19)21/h11-13H,4-10H2,1-3H3,(H,17,20)/t12-,13-/m1/s1. The molecule has 1 amide bonds. The monoisotopic (exact) mass is 325 g/mol. The number of carbonyl (C=O) groups excluding carboxylic acids is 1. The summed E-state index contributed by atoms with van der Waals surface area (Å²) < 4.78 is 1.66. The minimum absolute atomic E-state index is 0.0154. The maximum absolute atomic E-state index is 11.9. The zero-order valence-electron chi connectivity index (χ0n) is 13.8. The predicted molar refractivity (Wildman–Crippen MR) is 90.3 cm³/mol. The van der Waals surface area contributed by atoms with Gasteiger partial charge in [0.2, 0.25) is 5.91 Å². The minimum Gasteiger partial charge on any atom is -0.355 e. The Bertz CT molecular complexity index is 542. The Labute approximate surface area is 136 Å². The minimum atomic E-state index is 0.0154. The first-order chi connectivity index (χ1) is 10.5. The topological polar surface area (TPSA) is 54.3 Å². The number of thiazole rings is 1. The van der Waals surface area contributed by atoms with Gasteiger partial charge in [-0.05, 0) is 25.2 Å². The highest BCUT2D eigenvalue weighted by atomic mass is 32.1. The molecule has 1 aliphatic rings. The van der Waals surface area contributed by atoms with Crippen LogP contribution in [-0.4, -0.2) is 41.6 Å². The lowest BCUT2D eigenvalue weighted by molar-refractivity contribution is -0.121. The van der Waals surface area contributed by atoms with Crippen molar-refractivity contribution in [3.63, 3.8) is 0 Å². The van der Waals surface area contributed by atoms with Gasteiger partial charge in [-0.25, -0.2) is 0 Å². The fourth-order valence-electron chi connectivity index (χ4n) is 3.30. The first kappa shape index (κ1) is 17.2. The summed E-state index contributed by atoms with van der Waals surface area (Å²) in [5.74, 6) is 1.51. The van der Waals surface area contributed by atoms with E-state index in [1.807, 2.05) is 12.3 Å². The van der Waals surface area contributed by atoms with Gasteiger partial charge in [-0.1, -0.05) is 25.2 Å². The molecule has 2 atom stereocenters. The molecular weight excluding hydrogens is 298 g/mol. The molecule has 0 radical (unpaired) electrons. The maximum atomic E-state index is 11.9. The molecule has 0 saturated carbocycles. The number of aryl methyl sites for hydroxylation is 1. The summed E-state index contributed by atoms with van der Waals surface area (Å²) in [6, 6.07) is 0. The number of carbonyl (C=O) groups is 1. The van der Waals surface area contributed by atoms with Crippen LogP contribution in [0.2, 0.25) is 0 Å². The number of aromatic nitrogens is 1. The summed E-state index contributed by atoms with van der Waals surface area (Å²) in [5, 5.41) is 4.80. The van der Waals surface area contributed by atoms with Gasteiger partial charge >= 0.3 is 4.87 Å². The lowest BCUT2D eigenvalue weighted by Gasteiger charge is -2.34. The number of nitrogens with zero attached hydrogens (tertiary/aromatic N) is 2. The fraction of sp³-hybridized carbons (Fsp3) is 0.750. The van der Waals surface area contributed by atoms with E-state index in [0.29, 0.717) is 19.5 Å². The Morgan fingerprint density at radius 1 is 1.32 bits per heavy atom. The predicted octanol–water partition coefficient (Wildman–Crippen LogP) is 1.70. The number of piperidine rings is 1. The molecule has 1 aliphatic heterocycles. The number of rotatable bonds is 6. The van der Waals surface area contributed by atoms with Crippen LogP contribution in [-0.2, 0) is 11.3 Å². The molecule has 124 valence electrons. The van der Waals surface area contributed by atoms with Gasteiger partial charge in [0.25, 0.3) is 0 Å². The number of nitrogens with one attached hydrogen (secondary N) is 1. The zero-order valence-corrected chi connectivity index (χ0v) is 14.6. The van der Waals surface area contributed by atoms with E-state index < -0.39 is 0 Å². The number of hydrogen-bond donors (Lipinski definition) is 1. The van der Waals surface area contributed by atoms with Crippen molar-refractivity contribution in [2.24, 2.45) is 11.8 Å². The lowest BCUT2D eigenvalue weighted by Crippen LogP contribution is -2.43. The van der Waals surface area contributed by atoms with Gasteiger partial charge < -0.3 is 14.8 Å². The summed E-state index contributed by atoms with van der Waals surface area (Å²) in [6.45, 7) is 10.8. The lowest BCUT2D eigenvalue weighted by atomic mass is 9.92. The van der Waals surface area contributed by atoms with E-state index in [2.05, 4.69) is 24.1 Å². The average molecular weight is 325 g/mol. The van der Waals surface area contributed by atoms with Gasteiger partial charge in [0.1, 0.15) is 0 Å². The third-order valence-corrected chi connectivity index (χ3v) is 5.11. The molecule has 1 saturated heterocycles. The van der Waals surface area contributed by atoms with Crippen LogP contribution in [0.25, 0.3) is 0 Å². The Morgan fingerprint density at radius 3 is 2.59 bits per heavy atom. The molecule has 2 heterocycles. The van der Waals surface area contributed by atoms with Crippen LogP contribution in [0.4, 0.5) is 0 Å². The average Bonchev–Trinajstić information content (AvgIpc) is 2.75. The van der Waals surface area contributed by atoms with E-state index in [4.69, 9.17) is 0 Å². The van der Waals surface area contributed by atoms with Gasteiger partial charge in [0.05, 0.1) is 0 Å². The molecular formula is C16H27N3O2S. The van der Waals surface area contributed by atoms with Crippen molar-refractivity contribution in [2.75, 3.05) is 26.2 Å². The van der Waals surface area contributed by atoms with E-state index in [9.17, 15) is 9.59 Å². The largest absolute Gasteiger partial charge is 0.355 e. The second kappa shape index (κ2) is 7.92. The van der Waals surface area contributed by atoms with Crippen LogP contribution < -0.4 is 10.2 Å². The highest BCUT2D eigenvalue weighted by Gasteiger charge is 2.21. The first-order valence-corrected chi connectivity index (χ1v) is 8.97. The van der Waals surface area contributed by atoms with Crippen LogP contribution in [0.1, 0.15) is 32.4 Å². The molecule has 6 heteroatoms. The molecule has 1 fully saturated rings. The quantitative estimate of drug-likeness (QED) is 0.866. The van der Waals surface area contributed by atoms with Gasteiger partial charge in [0, 0.05) is 50.2 Å².